The Morgan fingerprint density at radius 1 is 1.13 bits per heavy atom. The molecule has 1 saturated carbocycles. The van der Waals surface area contributed by atoms with E-state index in [9.17, 15) is 14.4 Å². The van der Waals surface area contributed by atoms with Crippen LogP contribution in [0.15, 0.2) is 27.8 Å². The topological polar surface area (TPSA) is 124 Å². The van der Waals surface area contributed by atoms with Gasteiger partial charge in [-0.1, -0.05) is 31.0 Å². The van der Waals surface area contributed by atoms with Crippen molar-refractivity contribution in [1.29, 1.82) is 0 Å². The number of nitrogens with one attached hydrogen (secondary N) is 1. The number of aromatic nitrogens is 2. The molecule has 1 saturated heterocycles. The number of imide groups is 1. The smallest absolute Gasteiger partial charge is 0.277 e. The number of rotatable bonds is 4. The first-order valence-corrected chi connectivity index (χ1v) is 11.0. The molecule has 5 rings (SSSR count). The monoisotopic (exact) mass is 444 g/mol. The highest BCUT2D eigenvalue weighted by molar-refractivity contribution is 7.99. The summed E-state index contributed by atoms with van der Waals surface area (Å²) in [6.45, 7) is 0.0573. The molecule has 3 amide bonds. The van der Waals surface area contributed by atoms with Crippen molar-refractivity contribution in [3.8, 4) is 23.0 Å². The minimum absolute atomic E-state index is 0.00885. The minimum atomic E-state index is -0.934. The lowest BCUT2D eigenvalue weighted by Crippen LogP contribution is -2.69. The molecule has 1 spiro atoms. The third-order valence-corrected chi connectivity index (χ3v) is 6.62. The highest BCUT2D eigenvalue weighted by Gasteiger charge is 2.50. The third kappa shape index (κ3) is 3.62. The molecule has 3 heterocycles. The molecule has 0 bridgehead atoms. The van der Waals surface area contributed by atoms with Crippen LogP contribution in [0.1, 0.15) is 32.1 Å². The van der Waals surface area contributed by atoms with E-state index < -0.39 is 11.4 Å². The summed E-state index contributed by atoms with van der Waals surface area (Å²) in [5.41, 5.74) is -0.259. The Morgan fingerprint density at radius 3 is 2.77 bits per heavy atom. The minimum Gasteiger partial charge on any atom is -0.454 e. The van der Waals surface area contributed by atoms with Crippen LogP contribution in [0.2, 0.25) is 0 Å². The lowest BCUT2D eigenvalue weighted by Gasteiger charge is -2.47. The van der Waals surface area contributed by atoms with Crippen LogP contribution in [0, 0.1) is 0 Å². The third-order valence-electron chi connectivity index (χ3n) is 5.82. The lowest BCUT2D eigenvalue weighted by molar-refractivity contribution is -0.158. The Bertz CT molecular complexity index is 1050. The first kappa shape index (κ1) is 19.9. The van der Waals surface area contributed by atoms with Crippen molar-refractivity contribution in [2.75, 3.05) is 19.1 Å². The molecular weight excluding hydrogens is 424 g/mol. The largest absolute Gasteiger partial charge is 0.454 e. The van der Waals surface area contributed by atoms with Gasteiger partial charge in [0, 0.05) is 5.56 Å². The zero-order valence-corrected chi connectivity index (χ0v) is 17.4. The quantitative estimate of drug-likeness (QED) is 0.555. The second-order valence-electron chi connectivity index (χ2n) is 7.68. The molecule has 0 atom stereocenters. The molecule has 31 heavy (non-hydrogen) atoms. The van der Waals surface area contributed by atoms with Gasteiger partial charge in [-0.3, -0.25) is 19.7 Å². The molecule has 2 aromatic rings. The van der Waals surface area contributed by atoms with Gasteiger partial charge in [-0.25, -0.2) is 0 Å². The van der Waals surface area contributed by atoms with Crippen LogP contribution in [0.4, 0.5) is 0 Å². The van der Waals surface area contributed by atoms with E-state index in [0.717, 1.165) is 31.0 Å². The average Bonchev–Trinajstić information content (AvgIpc) is 3.44. The van der Waals surface area contributed by atoms with Crippen molar-refractivity contribution >= 4 is 29.5 Å². The molecule has 162 valence electrons. The predicted molar refractivity (Wildman–Crippen MR) is 107 cm³/mol. The van der Waals surface area contributed by atoms with Crippen LogP contribution in [-0.2, 0) is 14.4 Å². The SMILES string of the molecule is O=C1CN(C(=O)CSc2nnc(-c3ccc4c(c3)OCO4)o2)C2(CCCCC2)C(=O)N1. The summed E-state index contributed by atoms with van der Waals surface area (Å²) in [7, 11) is 0. The second kappa shape index (κ2) is 7.88. The van der Waals surface area contributed by atoms with Gasteiger partial charge in [-0.15, -0.1) is 10.2 Å². The summed E-state index contributed by atoms with van der Waals surface area (Å²) in [5, 5.41) is 10.7. The molecule has 1 aromatic heterocycles. The van der Waals surface area contributed by atoms with E-state index in [1.807, 2.05) is 0 Å². The normalized spacial score (nSPS) is 19.5. The van der Waals surface area contributed by atoms with Crippen LogP contribution in [0.3, 0.4) is 0 Å². The van der Waals surface area contributed by atoms with Gasteiger partial charge in [0.1, 0.15) is 12.1 Å². The molecule has 2 fully saturated rings. The number of fused-ring (bicyclic) bond motifs is 1. The first-order valence-electron chi connectivity index (χ1n) is 10.1. The Hall–Kier alpha value is -3.08. The number of carbonyl (C=O) groups is 3. The van der Waals surface area contributed by atoms with Gasteiger partial charge >= 0.3 is 0 Å². The fraction of sp³-hybridized carbons (Fsp3) is 0.450. The van der Waals surface area contributed by atoms with Gasteiger partial charge in [0.2, 0.25) is 24.5 Å². The number of ether oxygens (including phenoxy) is 2. The molecule has 11 heteroatoms. The number of nitrogens with zero attached hydrogens (tertiary/aromatic N) is 3. The van der Waals surface area contributed by atoms with Crippen molar-refractivity contribution in [3.05, 3.63) is 18.2 Å². The number of thioether (sulfide) groups is 1. The number of carbonyl (C=O) groups excluding carboxylic acids is 3. The maximum Gasteiger partial charge on any atom is 0.277 e. The average molecular weight is 444 g/mol. The van der Waals surface area contributed by atoms with Gasteiger partial charge in [0.05, 0.1) is 5.75 Å². The second-order valence-corrected chi connectivity index (χ2v) is 8.61. The molecule has 0 radical (unpaired) electrons. The highest BCUT2D eigenvalue weighted by atomic mass is 32.2. The van der Waals surface area contributed by atoms with E-state index >= 15 is 0 Å². The van der Waals surface area contributed by atoms with E-state index in [1.165, 1.54) is 4.90 Å². The Balaban J connectivity index is 1.28. The van der Waals surface area contributed by atoms with Crippen molar-refractivity contribution < 1.29 is 28.3 Å². The van der Waals surface area contributed by atoms with Gasteiger partial charge in [0.25, 0.3) is 11.1 Å². The van der Waals surface area contributed by atoms with Gasteiger partial charge in [-0.2, -0.15) is 0 Å². The van der Waals surface area contributed by atoms with Crippen molar-refractivity contribution in [2.24, 2.45) is 0 Å². The van der Waals surface area contributed by atoms with Crippen molar-refractivity contribution in [2.45, 2.75) is 42.9 Å². The molecule has 2 aliphatic heterocycles. The maximum absolute atomic E-state index is 13.0. The van der Waals surface area contributed by atoms with E-state index in [4.69, 9.17) is 13.9 Å². The molecule has 10 nitrogen and oxygen atoms in total. The van der Waals surface area contributed by atoms with Gasteiger partial charge in [-0.05, 0) is 31.0 Å². The molecule has 1 aliphatic carbocycles. The zero-order valence-electron chi connectivity index (χ0n) is 16.6. The fourth-order valence-corrected chi connectivity index (χ4v) is 4.92. The predicted octanol–water partition coefficient (Wildman–Crippen LogP) is 1.75. The Kier molecular flexibility index (Phi) is 5.05. The number of hydrogen-bond acceptors (Lipinski definition) is 9. The molecule has 3 aliphatic rings. The van der Waals surface area contributed by atoms with E-state index in [0.29, 0.717) is 35.8 Å². The number of piperazine rings is 1. The van der Waals surface area contributed by atoms with Gasteiger partial charge < -0.3 is 18.8 Å². The van der Waals surface area contributed by atoms with Crippen LogP contribution < -0.4 is 14.8 Å². The summed E-state index contributed by atoms with van der Waals surface area (Å²) in [6.07, 6.45) is 3.85. The van der Waals surface area contributed by atoms with Crippen molar-refractivity contribution in [1.82, 2.24) is 20.4 Å². The molecule has 1 N–H and O–H groups in total. The number of amides is 3. The summed E-state index contributed by atoms with van der Waals surface area (Å²) in [6, 6.07) is 5.30. The molecule has 0 unspecified atom stereocenters. The number of benzene rings is 1. The molecular formula is C20H20N4O6S. The standard InChI is InChI=1S/C20H20N4O6S/c25-15-9-24(20(18(27)21-15)6-2-1-3-7-20)16(26)10-31-19-23-22-17(30-19)12-4-5-13-14(8-12)29-11-28-13/h4-5,8H,1-3,6-7,9-11H2,(H,21,25,27). The van der Waals surface area contributed by atoms with Crippen LogP contribution in [0.5, 0.6) is 11.5 Å². The van der Waals surface area contributed by atoms with E-state index in [-0.39, 0.29) is 36.1 Å². The highest BCUT2D eigenvalue weighted by Crippen LogP contribution is 2.37. The Labute approximate surface area is 181 Å². The van der Waals surface area contributed by atoms with Gasteiger partial charge in [0.15, 0.2) is 11.5 Å². The van der Waals surface area contributed by atoms with Crippen LogP contribution in [-0.4, -0.2) is 57.4 Å². The summed E-state index contributed by atoms with van der Waals surface area (Å²) in [4.78, 5) is 39.0. The summed E-state index contributed by atoms with van der Waals surface area (Å²) < 4.78 is 16.3. The summed E-state index contributed by atoms with van der Waals surface area (Å²) in [5.74, 6) is 0.422. The lowest BCUT2D eigenvalue weighted by atomic mass is 9.78. The van der Waals surface area contributed by atoms with E-state index in [1.54, 1.807) is 18.2 Å². The maximum atomic E-state index is 13.0. The van der Waals surface area contributed by atoms with Crippen molar-refractivity contribution in [3.63, 3.8) is 0 Å². The zero-order chi connectivity index (χ0) is 21.4. The fourth-order valence-electron chi connectivity index (χ4n) is 4.28. The Morgan fingerprint density at radius 2 is 1.94 bits per heavy atom. The molecule has 1 aromatic carbocycles. The van der Waals surface area contributed by atoms with Crippen LogP contribution in [0.25, 0.3) is 11.5 Å². The van der Waals surface area contributed by atoms with E-state index in [2.05, 4.69) is 15.5 Å². The number of hydrogen-bond donors (Lipinski definition) is 1. The summed E-state index contributed by atoms with van der Waals surface area (Å²) >= 11 is 1.08. The first-order chi connectivity index (χ1) is 15.0. The van der Waals surface area contributed by atoms with Crippen LogP contribution >= 0.6 is 11.8 Å².